The van der Waals surface area contributed by atoms with Gasteiger partial charge in [-0.3, -0.25) is 4.79 Å². The minimum absolute atomic E-state index is 0.212. The Balaban J connectivity index is 1.28. The number of benzene rings is 2. The number of oxazole rings is 1. The van der Waals surface area contributed by atoms with Gasteiger partial charge >= 0.3 is 0 Å². The Morgan fingerprint density at radius 2 is 1.88 bits per heavy atom. The van der Waals surface area contributed by atoms with E-state index >= 15 is 0 Å². The quantitative estimate of drug-likeness (QED) is 0.478. The topological polar surface area (TPSA) is 84.3 Å². The Morgan fingerprint density at radius 1 is 1.09 bits per heavy atom. The molecule has 33 heavy (non-hydrogen) atoms. The van der Waals surface area contributed by atoms with E-state index in [0.29, 0.717) is 5.92 Å². The number of ether oxygens (including phenoxy) is 1. The van der Waals surface area contributed by atoms with Gasteiger partial charge in [-0.15, -0.1) is 0 Å². The number of pyridine rings is 1. The normalized spacial score (nSPS) is 17.4. The Labute approximate surface area is 190 Å². The molecule has 166 valence electrons. The maximum atomic E-state index is 12.8. The molecule has 0 atom stereocenters. The SMILES string of the molecule is Cn1c(=O)c(C#N)c(N2CCC(c3nc4cc(C5COC5)ccc4o3)CC2)c2ccccc21. The summed E-state index contributed by atoms with van der Waals surface area (Å²) in [4.78, 5) is 19.8. The van der Waals surface area contributed by atoms with Crippen molar-refractivity contribution in [2.24, 2.45) is 7.05 Å². The predicted octanol–water partition coefficient (Wildman–Crippen LogP) is 4.05. The lowest BCUT2D eigenvalue weighted by Crippen LogP contribution is -2.35. The van der Waals surface area contributed by atoms with Crippen LogP contribution in [0.4, 0.5) is 5.69 Å². The van der Waals surface area contributed by atoms with Crippen LogP contribution in [0, 0.1) is 11.3 Å². The summed E-state index contributed by atoms with van der Waals surface area (Å²) in [5, 5.41) is 10.7. The fourth-order valence-electron chi connectivity index (χ4n) is 5.08. The molecule has 4 aromatic rings. The summed E-state index contributed by atoms with van der Waals surface area (Å²) < 4.78 is 13.0. The standard InChI is InChI=1S/C26H24N4O3/c1-29-22-5-3-2-4-19(22)24(20(13-27)26(29)31)30-10-8-16(9-11-30)25-28-21-12-17(18-14-32-15-18)6-7-23(21)33-25/h2-7,12,16,18H,8-11,14-15H2,1H3. The van der Waals surface area contributed by atoms with Gasteiger partial charge in [-0.05, 0) is 36.6 Å². The van der Waals surface area contributed by atoms with E-state index in [-0.39, 0.29) is 17.0 Å². The third-order valence-electron chi connectivity index (χ3n) is 7.09. The van der Waals surface area contributed by atoms with Crippen molar-refractivity contribution in [1.82, 2.24) is 9.55 Å². The van der Waals surface area contributed by atoms with Crippen molar-refractivity contribution < 1.29 is 9.15 Å². The molecule has 2 aromatic carbocycles. The van der Waals surface area contributed by atoms with E-state index in [1.54, 1.807) is 11.6 Å². The van der Waals surface area contributed by atoms with E-state index in [2.05, 4.69) is 23.1 Å². The van der Waals surface area contributed by atoms with Crippen LogP contribution in [0.1, 0.15) is 41.7 Å². The first-order valence-corrected chi connectivity index (χ1v) is 11.4. The number of piperidine rings is 1. The molecule has 0 bridgehead atoms. The van der Waals surface area contributed by atoms with Crippen LogP contribution in [0.25, 0.3) is 22.0 Å². The average molecular weight is 441 g/mol. The molecular formula is C26H24N4O3. The van der Waals surface area contributed by atoms with E-state index in [9.17, 15) is 10.1 Å². The van der Waals surface area contributed by atoms with Gasteiger partial charge in [0.1, 0.15) is 17.1 Å². The number of nitriles is 1. The summed E-state index contributed by atoms with van der Waals surface area (Å²) >= 11 is 0. The minimum atomic E-state index is -0.250. The molecule has 0 N–H and O–H groups in total. The van der Waals surface area contributed by atoms with E-state index in [1.165, 1.54) is 5.56 Å². The highest BCUT2D eigenvalue weighted by atomic mass is 16.5. The first kappa shape index (κ1) is 20.0. The molecule has 0 amide bonds. The number of nitrogens with zero attached hydrogens (tertiary/aromatic N) is 4. The molecule has 2 aromatic heterocycles. The number of rotatable bonds is 3. The zero-order chi connectivity index (χ0) is 22.5. The van der Waals surface area contributed by atoms with Gasteiger partial charge in [-0.25, -0.2) is 4.98 Å². The van der Waals surface area contributed by atoms with Crippen molar-refractivity contribution in [2.45, 2.75) is 24.7 Å². The van der Waals surface area contributed by atoms with Crippen LogP contribution in [-0.4, -0.2) is 35.9 Å². The van der Waals surface area contributed by atoms with Crippen molar-refractivity contribution >= 4 is 27.7 Å². The van der Waals surface area contributed by atoms with Crippen LogP contribution in [-0.2, 0) is 11.8 Å². The van der Waals surface area contributed by atoms with Gasteiger partial charge in [0.25, 0.3) is 5.56 Å². The molecule has 4 heterocycles. The van der Waals surface area contributed by atoms with Gasteiger partial charge in [0.2, 0.25) is 0 Å². The maximum Gasteiger partial charge on any atom is 0.270 e. The van der Waals surface area contributed by atoms with Crippen molar-refractivity contribution in [3.63, 3.8) is 0 Å². The Hall–Kier alpha value is -3.63. The lowest BCUT2D eigenvalue weighted by molar-refractivity contribution is 0.00847. The van der Waals surface area contributed by atoms with Crippen LogP contribution in [0.2, 0.25) is 0 Å². The maximum absolute atomic E-state index is 12.8. The van der Waals surface area contributed by atoms with Crippen LogP contribution in [0.5, 0.6) is 0 Å². The number of fused-ring (bicyclic) bond motifs is 2. The molecule has 0 saturated carbocycles. The molecule has 0 radical (unpaired) electrons. The fraction of sp³-hybridized carbons (Fsp3) is 0.346. The third-order valence-corrected chi connectivity index (χ3v) is 7.09. The number of anilines is 1. The molecular weight excluding hydrogens is 416 g/mol. The number of para-hydroxylation sites is 1. The molecule has 2 aliphatic rings. The van der Waals surface area contributed by atoms with E-state index < -0.39 is 0 Å². The van der Waals surface area contributed by atoms with Crippen LogP contribution in [0.3, 0.4) is 0 Å². The molecule has 7 heteroatoms. The van der Waals surface area contributed by atoms with Crippen LogP contribution >= 0.6 is 0 Å². The zero-order valence-electron chi connectivity index (χ0n) is 18.5. The number of aryl methyl sites for hydroxylation is 1. The first-order chi connectivity index (χ1) is 16.1. The second kappa shape index (κ2) is 7.75. The Morgan fingerprint density at radius 3 is 2.61 bits per heavy atom. The molecule has 2 fully saturated rings. The first-order valence-electron chi connectivity index (χ1n) is 11.4. The highest BCUT2D eigenvalue weighted by Gasteiger charge is 2.29. The second-order valence-corrected chi connectivity index (χ2v) is 8.99. The summed E-state index contributed by atoms with van der Waals surface area (Å²) in [6, 6.07) is 16.2. The fourth-order valence-corrected chi connectivity index (χ4v) is 5.08. The van der Waals surface area contributed by atoms with Gasteiger partial charge in [-0.2, -0.15) is 5.26 Å². The second-order valence-electron chi connectivity index (χ2n) is 8.99. The number of hydrogen-bond acceptors (Lipinski definition) is 6. The minimum Gasteiger partial charge on any atom is -0.440 e. The summed E-state index contributed by atoms with van der Waals surface area (Å²) in [7, 11) is 1.72. The van der Waals surface area contributed by atoms with E-state index in [0.717, 1.165) is 72.7 Å². The summed E-state index contributed by atoms with van der Waals surface area (Å²) in [6.45, 7) is 3.02. The smallest absolute Gasteiger partial charge is 0.270 e. The average Bonchev–Trinajstić information content (AvgIpc) is 3.24. The molecule has 0 spiro atoms. The highest BCUT2D eigenvalue weighted by Crippen LogP contribution is 2.36. The van der Waals surface area contributed by atoms with Crippen molar-refractivity contribution in [2.75, 3.05) is 31.2 Å². The van der Waals surface area contributed by atoms with Gasteiger partial charge in [0.05, 0.1) is 24.4 Å². The monoisotopic (exact) mass is 440 g/mol. The van der Waals surface area contributed by atoms with E-state index in [1.807, 2.05) is 30.3 Å². The molecule has 0 aliphatic carbocycles. The summed E-state index contributed by atoms with van der Waals surface area (Å²) in [6.07, 6.45) is 1.70. The van der Waals surface area contributed by atoms with Gasteiger partial charge in [-0.1, -0.05) is 24.3 Å². The van der Waals surface area contributed by atoms with Crippen molar-refractivity contribution in [3.8, 4) is 6.07 Å². The molecule has 0 unspecified atom stereocenters. The van der Waals surface area contributed by atoms with Crippen LogP contribution < -0.4 is 10.5 Å². The summed E-state index contributed by atoms with van der Waals surface area (Å²) in [5.74, 6) is 1.45. The van der Waals surface area contributed by atoms with Gasteiger partial charge in [0, 0.05) is 37.4 Å². The molecule has 2 aliphatic heterocycles. The van der Waals surface area contributed by atoms with Crippen molar-refractivity contribution in [1.29, 1.82) is 5.26 Å². The predicted molar refractivity (Wildman–Crippen MR) is 126 cm³/mol. The lowest BCUT2D eigenvalue weighted by Gasteiger charge is -2.33. The number of hydrogen-bond donors (Lipinski definition) is 0. The molecule has 2 saturated heterocycles. The third kappa shape index (κ3) is 3.21. The van der Waals surface area contributed by atoms with Gasteiger partial charge in [0.15, 0.2) is 11.5 Å². The number of aromatic nitrogens is 2. The molecule has 7 nitrogen and oxygen atoms in total. The zero-order valence-corrected chi connectivity index (χ0v) is 18.5. The van der Waals surface area contributed by atoms with Gasteiger partial charge < -0.3 is 18.6 Å². The van der Waals surface area contributed by atoms with Crippen LogP contribution in [0.15, 0.2) is 51.7 Å². The lowest BCUT2D eigenvalue weighted by atomic mass is 9.95. The van der Waals surface area contributed by atoms with Crippen molar-refractivity contribution in [3.05, 3.63) is 69.8 Å². The summed E-state index contributed by atoms with van der Waals surface area (Å²) in [5.41, 5.74) is 4.53. The van der Waals surface area contributed by atoms with E-state index in [4.69, 9.17) is 14.1 Å². The highest BCUT2D eigenvalue weighted by molar-refractivity contribution is 5.95. The Kier molecular flexibility index (Phi) is 4.70. The largest absolute Gasteiger partial charge is 0.440 e. The molecule has 6 rings (SSSR count). The Bertz CT molecular complexity index is 1470.